The van der Waals surface area contributed by atoms with Crippen LogP contribution in [0.1, 0.15) is 75.2 Å². The molecule has 0 unspecified atom stereocenters. The number of carbonyl (C=O) groups excluding carboxylic acids is 2. The molecule has 166 valence electrons. The Kier molecular flexibility index (Phi) is 7.90. The lowest BCUT2D eigenvalue weighted by atomic mass is 9.69. The second-order valence-corrected chi connectivity index (χ2v) is 9.57. The van der Waals surface area contributed by atoms with E-state index in [0.717, 1.165) is 19.3 Å². The molecule has 5 heteroatoms. The first-order valence-electron chi connectivity index (χ1n) is 11.6. The van der Waals surface area contributed by atoms with Crippen molar-refractivity contribution in [2.45, 2.75) is 65.3 Å². The summed E-state index contributed by atoms with van der Waals surface area (Å²) in [6.45, 7) is 7.16. The molecule has 0 radical (unpaired) electrons. The first-order chi connectivity index (χ1) is 14.9. The van der Waals surface area contributed by atoms with Crippen molar-refractivity contribution >= 4 is 11.8 Å². The molecule has 1 aromatic carbocycles. The van der Waals surface area contributed by atoms with E-state index in [1.807, 2.05) is 0 Å². The minimum absolute atomic E-state index is 0.115. The van der Waals surface area contributed by atoms with Crippen LogP contribution in [0.15, 0.2) is 35.9 Å². The summed E-state index contributed by atoms with van der Waals surface area (Å²) in [5.41, 5.74) is 2.37. The fraction of sp³-hybridized carbons (Fsp3) is 0.577. The molecule has 0 aliphatic heterocycles. The van der Waals surface area contributed by atoms with Crippen molar-refractivity contribution in [1.29, 1.82) is 5.26 Å². The molecule has 0 bridgehead atoms. The smallest absolute Gasteiger partial charge is 0.251 e. The standard InChI is InChI=1S/C26H35N3O2/c1-17(2)24-13-21(14-25(30)29-23-6-4-5-7-23)18(3)12-22(24)16-28-26(31)20-10-8-19(15-27)9-11-20/h8-12,17,21-24H,4-7,13-14,16H2,1-3H3,(H,28,31)(H,29,30)/t21-,22-,24-/m0/s1. The minimum atomic E-state index is -0.115. The van der Waals surface area contributed by atoms with E-state index in [1.165, 1.54) is 18.4 Å². The average Bonchev–Trinajstić information content (AvgIpc) is 3.26. The molecule has 3 atom stereocenters. The van der Waals surface area contributed by atoms with Gasteiger partial charge in [-0.05, 0) is 74.1 Å². The number of amides is 2. The van der Waals surface area contributed by atoms with E-state index in [9.17, 15) is 9.59 Å². The lowest BCUT2D eigenvalue weighted by Crippen LogP contribution is -2.38. The van der Waals surface area contributed by atoms with E-state index in [0.29, 0.717) is 42.0 Å². The fourth-order valence-electron chi connectivity index (χ4n) is 5.10. The predicted octanol–water partition coefficient (Wildman–Crippen LogP) is 4.59. The van der Waals surface area contributed by atoms with Gasteiger partial charge in [-0.1, -0.05) is 38.3 Å². The molecule has 31 heavy (non-hydrogen) atoms. The summed E-state index contributed by atoms with van der Waals surface area (Å²) in [4.78, 5) is 25.1. The van der Waals surface area contributed by atoms with Gasteiger partial charge in [0, 0.05) is 24.6 Å². The van der Waals surface area contributed by atoms with Crippen molar-refractivity contribution in [3.8, 4) is 6.07 Å². The number of rotatable bonds is 7. The zero-order valence-electron chi connectivity index (χ0n) is 19.0. The highest BCUT2D eigenvalue weighted by atomic mass is 16.2. The maximum atomic E-state index is 12.6. The van der Waals surface area contributed by atoms with Crippen LogP contribution in [0, 0.1) is 35.0 Å². The number of nitrogens with zero attached hydrogens (tertiary/aromatic N) is 1. The predicted molar refractivity (Wildman–Crippen MR) is 122 cm³/mol. The van der Waals surface area contributed by atoms with Crippen molar-refractivity contribution in [3.05, 3.63) is 47.0 Å². The number of benzene rings is 1. The van der Waals surface area contributed by atoms with E-state index < -0.39 is 0 Å². The summed E-state index contributed by atoms with van der Waals surface area (Å²) in [6.07, 6.45) is 8.49. The second-order valence-electron chi connectivity index (χ2n) is 9.57. The fourth-order valence-corrected chi connectivity index (χ4v) is 5.10. The molecule has 0 aromatic heterocycles. The SMILES string of the molecule is CC1=C[C@@H](CNC(=O)c2ccc(C#N)cc2)[C@H](C(C)C)C[C@H]1CC(=O)NC1CCCC1. The van der Waals surface area contributed by atoms with E-state index in [4.69, 9.17) is 5.26 Å². The van der Waals surface area contributed by atoms with Crippen LogP contribution in [0.3, 0.4) is 0 Å². The number of nitrogens with one attached hydrogen (secondary N) is 2. The minimum Gasteiger partial charge on any atom is -0.353 e. The molecule has 0 heterocycles. The number of nitriles is 1. The topological polar surface area (TPSA) is 82.0 Å². The molecule has 2 aliphatic rings. The van der Waals surface area contributed by atoms with Gasteiger partial charge in [-0.15, -0.1) is 0 Å². The lowest BCUT2D eigenvalue weighted by molar-refractivity contribution is -0.122. The largest absolute Gasteiger partial charge is 0.353 e. The normalized spacial score (nSPS) is 23.8. The summed E-state index contributed by atoms with van der Waals surface area (Å²) in [7, 11) is 0. The molecule has 3 rings (SSSR count). The summed E-state index contributed by atoms with van der Waals surface area (Å²) in [5, 5.41) is 15.2. The molecule has 2 N–H and O–H groups in total. The van der Waals surface area contributed by atoms with Crippen LogP contribution in [-0.2, 0) is 4.79 Å². The zero-order valence-corrected chi connectivity index (χ0v) is 19.0. The van der Waals surface area contributed by atoms with Crippen molar-refractivity contribution in [2.24, 2.45) is 23.7 Å². The second kappa shape index (κ2) is 10.6. The highest BCUT2D eigenvalue weighted by Gasteiger charge is 2.33. The molecule has 0 saturated heterocycles. The van der Waals surface area contributed by atoms with Crippen LogP contribution in [-0.4, -0.2) is 24.4 Å². The number of carbonyl (C=O) groups is 2. The summed E-state index contributed by atoms with van der Waals surface area (Å²) in [6, 6.07) is 9.14. The number of hydrogen-bond donors (Lipinski definition) is 2. The van der Waals surface area contributed by atoms with Crippen LogP contribution in [0.25, 0.3) is 0 Å². The van der Waals surface area contributed by atoms with Gasteiger partial charge < -0.3 is 10.6 Å². The first kappa shape index (κ1) is 23.1. The van der Waals surface area contributed by atoms with Gasteiger partial charge >= 0.3 is 0 Å². The molecular formula is C26H35N3O2. The first-order valence-corrected chi connectivity index (χ1v) is 11.6. The third-order valence-corrected chi connectivity index (χ3v) is 7.01. The van der Waals surface area contributed by atoms with E-state index in [-0.39, 0.29) is 23.7 Å². The van der Waals surface area contributed by atoms with Gasteiger partial charge in [-0.25, -0.2) is 0 Å². The lowest BCUT2D eigenvalue weighted by Gasteiger charge is -2.37. The maximum Gasteiger partial charge on any atom is 0.251 e. The van der Waals surface area contributed by atoms with Crippen molar-refractivity contribution in [2.75, 3.05) is 6.54 Å². The monoisotopic (exact) mass is 421 g/mol. The number of hydrogen-bond acceptors (Lipinski definition) is 3. The van der Waals surface area contributed by atoms with Gasteiger partial charge in [-0.3, -0.25) is 9.59 Å². The van der Waals surface area contributed by atoms with Crippen LogP contribution in [0.5, 0.6) is 0 Å². The average molecular weight is 422 g/mol. The molecule has 2 aliphatic carbocycles. The molecule has 1 fully saturated rings. The molecule has 1 aromatic rings. The molecule has 1 saturated carbocycles. The Balaban J connectivity index is 1.59. The summed E-state index contributed by atoms with van der Waals surface area (Å²) < 4.78 is 0. The van der Waals surface area contributed by atoms with E-state index in [2.05, 4.69) is 43.6 Å². The van der Waals surface area contributed by atoms with Gasteiger partial charge in [0.1, 0.15) is 0 Å². The van der Waals surface area contributed by atoms with Gasteiger partial charge in [0.2, 0.25) is 5.91 Å². The van der Waals surface area contributed by atoms with Gasteiger partial charge in [-0.2, -0.15) is 5.26 Å². The highest BCUT2D eigenvalue weighted by molar-refractivity contribution is 5.94. The Bertz CT molecular complexity index is 844. The number of allylic oxidation sites excluding steroid dienone is 1. The van der Waals surface area contributed by atoms with E-state index in [1.54, 1.807) is 24.3 Å². The third kappa shape index (κ3) is 6.19. The van der Waals surface area contributed by atoms with Crippen LogP contribution in [0.2, 0.25) is 0 Å². The Morgan fingerprint density at radius 1 is 1.16 bits per heavy atom. The van der Waals surface area contributed by atoms with Crippen molar-refractivity contribution in [3.63, 3.8) is 0 Å². The van der Waals surface area contributed by atoms with Crippen LogP contribution in [0.4, 0.5) is 0 Å². The van der Waals surface area contributed by atoms with Gasteiger partial charge in [0.25, 0.3) is 5.91 Å². The van der Waals surface area contributed by atoms with Gasteiger partial charge in [0.05, 0.1) is 11.6 Å². The molecule has 2 amide bonds. The van der Waals surface area contributed by atoms with Crippen LogP contribution < -0.4 is 10.6 Å². The Morgan fingerprint density at radius 3 is 2.45 bits per heavy atom. The van der Waals surface area contributed by atoms with Crippen LogP contribution >= 0.6 is 0 Å². The maximum absolute atomic E-state index is 12.6. The van der Waals surface area contributed by atoms with Crippen molar-refractivity contribution < 1.29 is 9.59 Å². The summed E-state index contributed by atoms with van der Waals surface area (Å²) in [5.74, 6) is 1.50. The third-order valence-electron chi connectivity index (χ3n) is 7.01. The zero-order chi connectivity index (χ0) is 22.4. The summed E-state index contributed by atoms with van der Waals surface area (Å²) >= 11 is 0. The molecule has 0 spiro atoms. The Morgan fingerprint density at radius 2 is 1.84 bits per heavy atom. The Labute approximate surface area is 186 Å². The highest BCUT2D eigenvalue weighted by Crippen LogP contribution is 2.38. The van der Waals surface area contributed by atoms with E-state index >= 15 is 0 Å². The van der Waals surface area contributed by atoms with Gasteiger partial charge in [0.15, 0.2) is 0 Å². The quantitative estimate of drug-likeness (QED) is 0.632. The Hall–Kier alpha value is -2.61. The molecule has 5 nitrogen and oxygen atoms in total. The molecular weight excluding hydrogens is 386 g/mol. The van der Waals surface area contributed by atoms with Crippen molar-refractivity contribution in [1.82, 2.24) is 10.6 Å².